The predicted molar refractivity (Wildman–Crippen MR) is 49.8 cm³/mol. The van der Waals surface area contributed by atoms with Gasteiger partial charge in [-0.05, 0) is 27.7 Å². The van der Waals surface area contributed by atoms with E-state index in [4.69, 9.17) is 14.9 Å². The maximum absolute atomic E-state index is 11.3. The molecule has 0 aliphatic rings. The Morgan fingerprint density at radius 1 is 1.23 bits per heavy atom. The van der Waals surface area contributed by atoms with Crippen LogP contribution in [0.4, 0.5) is 0 Å². The second kappa shape index (κ2) is 4.84. The maximum atomic E-state index is 11.3. The van der Waals surface area contributed by atoms with E-state index in [1.165, 1.54) is 0 Å². The van der Waals surface area contributed by atoms with Crippen LogP contribution in [0.25, 0.3) is 0 Å². The molecule has 13 heavy (non-hydrogen) atoms. The van der Waals surface area contributed by atoms with Crippen LogP contribution in [0, 0.1) is 10.8 Å². The highest BCUT2D eigenvalue weighted by Gasteiger charge is 2.35. The van der Waals surface area contributed by atoms with Gasteiger partial charge in [-0.2, -0.15) is 0 Å². The average molecular weight is 187 g/mol. The van der Waals surface area contributed by atoms with Gasteiger partial charge < -0.3 is 9.47 Å². The van der Waals surface area contributed by atoms with E-state index in [9.17, 15) is 4.79 Å². The largest absolute Gasteiger partial charge is 0.481 e. The van der Waals surface area contributed by atoms with E-state index in [1.807, 2.05) is 0 Å². The van der Waals surface area contributed by atoms with Gasteiger partial charge >= 0.3 is 5.97 Å². The Hall–Kier alpha value is -1.06. The Balaban J connectivity index is 4.36. The molecular formula is C9H17NO3. The number of ether oxygens (including phenoxy) is 2. The quantitative estimate of drug-likeness (QED) is 0.413. The number of hydrogen-bond donors (Lipinski definition) is 1. The van der Waals surface area contributed by atoms with Crippen LogP contribution >= 0.6 is 0 Å². The smallest absolute Gasteiger partial charge is 0.320 e. The van der Waals surface area contributed by atoms with E-state index in [0.717, 1.165) is 0 Å². The molecule has 0 radical (unpaired) electrons. The molecule has 1 N–H and O–H groups in total. The van der Waals surface area contributed by atoms with Crippen LogP contribution in [0.2, 0.25) is 0 Å². The van der Waals surface area contributed by atoms with Crippen molar-refractivity contribution in [3.8, 4) is 0 Å². The number of carbonyl (C=O) groups is 1. The molecule has 0 heterocycles. The molecular weight excluding hydrogens is 170 g/mol. The SMILES string of the molecule is CCOC(=N)C(C)(C)C(=O)OCC. The highest BCUT2D eigenvalue weighted by atomic mass is 16.5. The minimum Gasteiger partial charge on any atom is -0.481 e. The Bertz CT molecular complexity index is 179. The molecule has 76 valence electrons. The normalized spacial score (nSPS) is 10.8. The number of esters is 1. The third kappa shape index (κ3) is 3.05. The highest BCUT2D eigenvalue weighted by Crippen LogP contribution is 2.19. The average Bonchev–Trinajstić information content (AvgIpc) is 2.05. The van der Waals surface area contributed by atoms with Crippen LogP contribution in [0.5, 0.6) is 0 Å². The Morgan fingerprint density at radius 2 is 1.69 bits per heavy atom. The molecule has 4 nitrogen and oxygen atoms in total. The summed E-state index contributed by atoms with van der Waals surface area (Å²) in [5.74, 6) is -0.470. The molecule has 0 aromatic carbocycles. The van der Waals surface area contributed by atoms with Gasteiger partial charge in [-0.1, -0.05) is 0 Å². The van der Waals surface area contributed by atoms with Crippen LogP contribution in [0.3, 0.4) is 0 Å². The molecule has 0 aromatic rings. The molecule has 0 amide bonds. The van der Waals surface area contributed by atoms with Crippen LogP contribution in [0.15, 0.2) is 0 Å². The minimum absolute atomic E-state index is 0.0477. The lowest BCUT2D eigenvalue weighted by atomic mass is 9.93. The van der Waals surface area contributed by atoms with Crippen molar-refractivity contribution in [3.63, 3.8) is 0 Å². The Kier molecular flexibility index (Phi) is 4.45. The van der Waals surface area contributed by atoms with Crippen LogP contribution in [0.1, 0.15) is 27.7 Å². The van der Waals surface area contributed by atoms with E-state index < -0.39 is 11.4 Å². The molecule has 0 fully saturated rings. The summed E-state index contributed by atoms with van der Waals surface area (Å²) in [6.45, 7) is 7.45. The molecule has 0 unspecified atom stereocenters. The molecule has 0 aliphatic carbocycles. The second-order valence-electron chi connectivity index (χ2n) is 3.11. The lowest BCUT2D eigenvalue weighted by Crippen LogP contribution is -2.36. The summed E-state index contributed by atoms with van der Waals surface area (Å²) in [7, 11) is 0. The van der Waals surface area contributed by atoms with Gasteiger partial charge in [0.25, 0.3) is 0 Å². The van der Waals surface area contributed by atoms with Crippen molar-refractivity contribution in [1.82, 2.24) is 0 Å². The molecule has 0 rings (SSSR count). The lowest BCUT2D eigenvalue weighted by Gasteiger charge is -2.22. The van der Waals surface area contributed by atoms with E-state index >= 15 is 0 Å². The second-order valence-corrected chi connectivity index (χ2v) is 3.11. The number of rotatable bonds is 4. The van der Waals surface area contributed by atoms with Crippen molar-refractivity contribution in [2.45, 2.75) is 27.7 Å². The standard InChI is InChI=1S/C9H17NO3/c1-5-12-7(10)9(3,4)8(11)13-6-2/h10H,5-6H2,1-4H3. The van der Waals surface area contributed by atoms with Gasteiger partial charge in [0.05, 0.1) is 13.2 Å². The van der Waals surface area contributed by atoms with Gasteiger partial charge in [0, 0.05) is 0 Å². The maximum Gasteiger partial charge on any atom is 0.320 e. The van der Waals surface area contributed by atoms with Crippen molar-refractivity contribution in [3.05, 3.63) is 0 Å². The van der Waals surface area contributed by atoms with Crippen molar-refractivity contribution in [1.29, 1.82) is 5.41 Å². The van der Waals surface area contributed by atoms with Gasteiger partial charge in [-0.15, -0.1) is 0 Å². The van der Waals surface area contributed by atoms with Gasteiger partial charge in [0.2, 0.25) is 0 Å². The zero-order chi connectivity index (χ0) is 10.5. The molecule has 0 aromatic heterocycles. The Labute approximate surface area is 78.7 Å². The lowest BCUT2D eigenvalue weighted by molar-refractivity contribution is -0.150. The van der Waals surface area contributed by atoms with E-state index in [1.54, 1.807) is 27.7 Å². The summed E-state index contributed by atoms with van der Waals surface area (Å²) in [6, 6.07) is 0. The summed E-state index contributed by atoms with van der Waals surface area (Å²) < 4.78 is 9.77. The first-order chi connectivity index (χ1) is 5.96. The van der Waals surface area contributed by atoms with Gasteiger partial charge in [-0.3, -0.25) is 10.2 Å². The first-order valence-corrected chi connectivity index (χ1v) is 4.35. The summed E-state index contributed by atoms with van der Waals surface area (Å²) in [5, 5.41) is 7.48. The zero-order valence-corrected chi connectivity index (χ0v) is 8.64. The van der Waals surface area contributed by atoms with Crippen molar-refractivity contribution in [2.75, 3.05) is 13.2 Å². The third-order valence-electron chi connectivity index (χ3n) is 1.64. The van der Waals surface area contributed by atoms with Crippen molar-refractivity contribution in [2.24, 2.45) is 5.41 Å². The van der Waals surface area contributed by atoms with Gasteiger partial charge in [0.1, 0.15) is 5.41 Å². The van der Waals surface area contributed by atoms with Crippen LogP contribution in [-0.2, 0) is 14.3 Å². The molecule has 0 aliphatic heterocycles. The predicted octanol–water partition coefficient (Wildman–Crippen LogP) is 1.59. The molecule has 0 bridgehead atoms. The summed E-state index contributed by atoms with van der Waals surface area (Å²) >= 11 is 0. The Morgan fingerprint density at radius 3 is 2.08 bits per heavy atom. The monoisotopic (exact) mass is 187 g/mol. The number of hydrogen-bond acceptors (Lipinski definition) is 4. The summed E-state index contributed by atoms with van der Waals surface area (Å²) in [5.41, 5.74) is -0.980. The van der Waals surface area contributed by atoms with E-state index in [0.29, 0.717) is 13.2 Å². The molecule has 0 atom stereocenters. The fraction of sp³-hybridized carbons (Fsp3) is 0.778. The molecule has 0 spiro atoms. The molecule has 0 saturated carbocycles. The number of nitrogens with one attached hydrogen (secondary N) is 1. The fourth-order valence-electron chi connectivity index (χ4n) is 0.729. The molecule has 0 saturated heterocycles. The van der Waals surface area contributed by atoms with Crippen molar-refractivity contribution >= 4 is 11.9 Å². The third-order valence-corrected chi connectivity index (χ3v) is 1.64. The van der Waals surface area contributed by atoms with Crippen LogP contribution in [-0.4, -0.2) is 25.1 Å². The highest BCUT2D eigenvalue weighted by molar-refractivity contribution is 6.00. The molecule has 4 heteroatoms. The summed E-state index contributed by atoms with van der Waals surface area (Å²) in [4.78, 5) is 11.3. The first kappa shape index (κ1) is 11.9. The fourth-order valence-corrected chi connectivity index (χ4v) is 0.729. The minimum atomic E-state index is -0.980. The van der Waals surface area contributed by atoms with E-state index in [-0.39, 0.29) is 5.90 Å². The number of carbonyl (C=O) groups excluding carboxylic acids is 1. The van der Waals surface area contributed by atoms with E-state index in [2.05, 4.69) is 0 Å². The van der Waals surface area contributed by atoms with Gasteiger partial charge in [0.15, 0.2) is 5.90 Å². The summed E-state index contributed by atoms with van der Waals surface area (Å²) in [6.07, 6.45) is 0. The van der Waals surface area contributed by atoms with Crippen LogP contribution < -0.4 is 0 Å². The van der Waals surface area contributed by atoms with Gasteiger partial charge in [-0.25, -0.2) is 0 Å². The van der Waals surface area contributed by atoms with Crippen molar-refractivity contribution < 1.29 is 14.3 Å². The topological polar surface area (TPSA) is 59.4 Å². The first-order valence-electron chi connectivity index (χ1n) is 4.35. The zero-order valence-electron chi connectivity index (χ0n) is 8.64.